The molecular formula is C39H28ClN6O3+. The maximum absolute atomic E-state index is 15.4. The number of amides is 1. The first-order valence-electron chi connectivity index (χ1n) is 15.5. The van der Waals surface area contributed by atoms with Gasteiger partial charge in [0.15, 0.2) is 22.5 Å². The number of nitro groups is 1. The topological polar surface area (TPSA) is 120 Å². The number of nitrogens with zero attached hydrogens (tertiary/aromatic N) is 5. The molecule has 2 unspecified atom stereocenters. The van der Waals surface area contributed by atoms with Crippen molar-refractivity contribution < 1.29 is 14.3 Å². The van der Waals surface area contributed by atoms with Crippen molar-refractivity contribution in [2.45, 2.75) is 24.5 Å². The molecule has 2 heterocycles. The number of aromatic nitrogens is 2. The fraction of sp³-hybridized carbons (Fsp3) is 0.103. The van der Waals surface area contributed by atoms with Crippen LogP contribution in [0, 0.1) is 26.9 Å². The summed E-state index contributed by atoms with van der Waals surface area (Å²) in [7, 11) is 0. The van der Waals surface area contributed by atoms with Gasteiger partial charge in [0.1, 0.15) is 18.2 Å². The Balaban J connectivity index is 1.56. The van der Waals surface area contributed by atoms with E-state index in [0.29, 0.717) is 28.4 Å². The number of carbonyl (C=O) groups excluding carboxylic acids is 1. The van der Waals surface area contributed by atoms with E-state index < -0.39 is 22.3 Å². The van der Waals surface area contributed by atoms with Crippen LogP contribution >= 0.6 is 11.6 Å². The number of hydrogen-bond acceptors (Lipinski definition) is 5. The van der Waals surface area contributed by atoms with Crippen LogP contribution in [0.4, 0.5) is 11.4 Å². The highest BCUT2D eigenvalue weighted by Crippen LogP contribution is 2.55. The molecule has 0 spiro atoms. The molecule has 0 saturated heterocycles. The Kier molecular flexibility index (Phi) is 8.11. The first-order valence-corrected chi connectivity index (χ1v) is 15.9. The van der Waals surface area contributed by atoms with E-state index in [9.17, 15) is 15.4 Å². The lowest BCUT2D eigenvalue weighted by Crippen LogP contribution is -2.48. The standard InChI is InChI=1S/C39H28ClN6O3/c40-31-17-20-34-33(21-31)39(30(22-41)23-42,38(47)44(34)25-28-11-5-2-6-12-28)37(29-15-18-32(19-16-29)46(48)49)45-26-43(24-27-9-3-1-4-10-27)35-13-7-8-14-36(35)45/h1-21,26,37,41H,24-25H2/q+1. The molecule has 1 N–H and O–H groups in total. The number of anilines is 1. The molecule has 0 aliphatic carbocycles. The monoisotopic (exact) mass is 663 g/mol. The zero-order chi connectivity index (χ0) is 34.1. The fourth-order valence-corrected chi connectivity index (χ4v) is 7.16. The first kappa shape index (κ1) is 31.3. The number of benzene rings is 5. The van der Waals surface area contributed by atoms with Crippen molar-refractivity contribution in [3.63, 3.8) is 0 Å². The third kappa shape index (κ3) is 5.26. The highest BCUT2D eigenvalue weighted by Gasteiger charge is 2.62. The SMILES string of the molecule is N#CC(=C=N)C1(C(c2ccc([N+](=O)[O-])cc2)n2c[n+](Cc3ccccc3)c3ccccc32)C(=O)N(Cc2ccccc2)c2ccc(Cl)cc21. The lowest BCUT2D eigenvalue weighted by molar-refractivity contribution is -0.663. The van der Waals surface area contributed by atoms with Gasteiger partial charge in [0, 0.05) is 28.4 Å². The summed E-state index contributed by atoms with van der Waals surface area (Å²) >= 11 is 6.66. The van der Waals surface area contributed by atoms with Crippen molar-refractivity contribution in [1.29, 1.82) is 10.7 Å². The van der Waals surface area contributed by atoms with Crippen LogP contribution in [0.15, 0.2) is 139 Å². The zero-order valence-corrected chi connectivity index (χ0v) is 26.8. The summed E-state index contributed by atoms with van der Waals surface area (Å²) in [6, 6.07) is 39.5. The van der Waals surface area contributed by atoms with Gasteiger partial charge in [0.2, 0.25) is 12.2 Å². The minimum Gasteiger partial charge on any atom is -0.306 e. The second-order valence-electron chi connectivity index (χ2n) is 11.8. The minimum atomic E-state index is -1.84. The van der Waals surface area contributed by atoms with E-state index in [1.165, 1.54) is 12.1 Å². The van der Waals surface area contributed by atoms with Gasteiger partial charge in [-0.1, -0.05) is 84.4 Å². The van der Waals surface area contributed by atoms with Crippen LogP contribution in [0.1, 0.15) is 28.3 Å². The van der Waals surface area contributed by atoms with E-state index in [-0.39, 0.29) is 17.8 Å². The highest BCUT2D eigenvalue weighted by atomic mass is 35.5. The summed E-state index contributed by atoms with van der Waals surface area (Å²) in [5.41, 5.74) is 2.85. The molecule has 0 saturated carbocycles. The van der Waals surface area contributed by atoms with Crippen LogP contribution in [0.25, 0.3) is 11.0 Å². The molecule has 49 heavy (non-hydrogen) atoms. The summed E-state index contributed by atoms with van der Waals surface area (Å²) < 4.78 is 4.00. The van der Waals surface area contributed by atoms with Crippen LogP contribution in [-0.2, 0) is 23.3 Å². The Morgan fingerprint density at radius 1 is 0.918 bits per heavy atom. The molecule has 0 fully saturated rings. The number of para-hydroxylation sites is 2. The van der Waals surface area contributed by atoms with Crippen LogP contribution < -0.4 is 9.47 Å². The maximum atomic E-state index is 15.4. The van der Waals surface area contributed by atoms with Crippen LogP contribution in [0.5, 0.6) is 0 Å². The molecule has 5 aromatic carbocycles. The molecular weight excluding hydrogens is 636 g/mol. The van der Waals surface area contributed by atoms with Gasteiger partial charge in [-0.05, 0) is 65.0 Å². The largest absolute Gasteiger partial charge is 0.306 e. The Morgan fingerprint density at radius 3 is 2.22 bits per heavy atom. The average Bonchev–Trinajstić information content (AvgIpc) is 3.59. The van der Waals surface area contributed by atoms with Crippen molar-refractivity contribution in [2.24, 2.45) is 0 Å². The average molecular weight is 664 g/mol. The highest BCUT2D eigenvalue weighted by molar-refractivity contribution is 6.31. The number of hydrogen-bond donors (Lipinski definition) is 1. The van der Waals surface area contributed by atoms with E-state index in [2.05, 4.69) is 16.5 Å². The van der Waals surface area contributed by atoms with Gasteiger partial charge in [-0.25, -0.2) is 9.13 Å². The molecule has 6 aromatic rings. The molecule has 2 atom stereocenters. The Bertz CT molecular complexity index is 2330. The van der Waals surface area contributed by atoms with Crippen molar-refractivity contribution in [3.05, 3.63) is 177 Å². The van der Waals surface area contributed by atoms with Gasteiger partial charge in [0.05, 0.1) is 11.5 Å². The molecule has 0 bridgehead atoms. The number of carbonyl (C=O) groups is 1. The molecule has 1 amide bonds. The van der Waals surface area contributed by atoms with Gasteiger partial charge < -0.3 is 4.90 Å². The fourth-order valence-electron chi connectivity index (χ4n) is 6.99. The number of rotatable bonds is 9. The van der Waals surface area contributed by atoms with E-state index >= 15 is 4.79 Å². The number of nitriles is 1. The van der Waals surface area contributed by atoms with Crippen LogP contribution in [0.3, 0.4) is 0 Å². The van der Waals surface area contributed by atoms with Crippen molar-refractivity contribution >= 4 is 45.8 Å². The number of halogens is 1. The number of fused-ring (bicyclic) bond motifs is 2. The molecule has 9 nitrogen and oxygen atoms in total. The Labute approximate surface area is 286 Å². The molecule has 1 aromatic heterocycles. The summed E-state index contributed by atoms with van der Waals surface area (Å²) in [6.45, 7) is 0.705. The van der Waals surface area contributed by atoms with Crippen molar-refractivity contribution in [2.75, 3.05) is 4.90 Å². The molecule has 0 radical (unpaired) electrons. The lowest BCUT2D eigenvalue weighted by atomic mass is 9.67. The Hall–Kier alpha value is -6.33. The lowest BCUT2D eigenvalue weighted by Gasteiger charge is -2.34. The summed E-state index contributed by atoms with van der Waals surface area (Å²) in [5, 5.41) is 31.2. The smallest absolute Gasteiger partial charge is 0.269 e. The second kappa shape index (κ2) is 12.7. The molecule has 7 rings (SSSR count). The number of nitrogens with one attached hydrogen (secondary N) is 1. The van der Waals surface area contributed by atoms with Crippen molar-refractivity contribution in [1.82, 2.24) is 4.57 Å². The Morgan fingerprint density at radius 2 is 1.57 bits per heavy atom. The summed E-state index contributed by atoms with van der Waals surface area (Å²) in [5.74, 6) is 1.90. The molecule has 10 heteroatoms. The number of imidazole rings is 1. The maximum Gasteiger partial charge on any atom is 0.269 e. The van der Waals surface area contributed by atoms with Gasteiger partial charge >= 0.3 is 0 Å². The number of nitro benzene ring substituents is 1. The van der Waals surface area contributed by atoms with Crippen LogP contribution in [-0.4, -0.2) is 21.3 Å². The first-order chi connectivity index (χ1) is 23.9. The third-order valence-electron chi connectivity index (χ3n) is 9.11. The van der Waals surface area contributed by atoms with Gasteiger partial charge in [-0.15, -0.1) is 0 Å². The minimum absolute atomic E-state index is 0.122. The summed E-state index contributed by atoms with van der Waals surface area (Å²) in [4.78, 5) is 28.3. The molecule has 1 aliphatic rings. The van der Waals surface area contributed by atoms with Crippen LogP contribution in [0.2, 0.25) is 5.02 Å². The van der Waals surface area contributed by atoms with E-state index in [1.54, 1.807) is 35.2 Å². The van der Waals surface area contributed by atoms with Gasteiger partial charge in [-0.3, -0.25) is 20.3 Å². The molecule has 1 aliphatic heterocycles. The molecule has 238 valence electrons. The summed E-state index contributed by atoms with van der Waals surface area (Å²) in [6.07, 6.45) is 1.90. The van der Waals surface area contributed by atoms with Gasteiger partial charge in [-0.2, -0.15) is 5.26 Å². The van der Waals surface area contributed by atoms with Gasteiger partial charge in [0.25, 0.3) is 5.69 Å². The zero-order valence-electron chi connectivity index (χ0n) is 26.0. The van der Waals surface area contributed by atoms with E-state index in [4.69, 9.17) is 17.0 Å². The van der Waals surface area contributed by atoms with E-state index in [1.807, 2.05) is 95.8 Å². The predicted molar refractivity (Wildman–Crippen MR) is 187 cm³/mol. The normalized spacial score (nSPS) is 15.8. The second-order valence-corrected chi connectivity index (χ2v) is 12.3. The van der Waals surface area contributed by atoms with Crippen molar-refractivity contribution in [3.8, 4) is 6.07 Å². The predicted octanol–water partition coefficient (Wildman–Crippen LogP) is 7.31. The third-order valence-corrected chi connectivity index (χ3v) is 9.34. The quantitative estimate of drug-likeness (QED) is 0.0573. The number of non-ortho nitro benzene ring substituents is 1. The van der Waals surface area contributed by atoms with E-state index in [0.717, 1.165) is 22.2 Å².